The molecular weight excluding hydrogens is 321 g/mol. The Morgan fingerprint density at radius 3 is 2.73 bits per heavy atom. The molecule has 122 valence electrons. The van der Waals surface area contributed by atoms with Crippen LogP contribution in [0, 0.1) is 5.92 Å². The Kier molecular flexibility index (Phi) is 4.14. The van der Waals surface area contributed by atoms with Crippen molar-refractivity contribution in [1.29, 1.82) is 0 Å². The zero-order valence-electron chi connectivity index (χ0n) is 13.3. The van der Waals surface area contributed by atoms with E-state index in [1.807, 2.05) is 6.07 Å². The van der Waals surface area contributed by atoms with Crippen LogP contribution in [-0.2, 0) is 16.1 Å². The van der Waals surface area contributed by atoms with E-state index in [9.17, 15) is 0 Å². The predicted molar refractivity (Wildman–Crippen MR) is 90.4 cm³/mol. The number of nitrogen functional groups attached to an aromatic ring is 1. The molecule has 2 bridgehead atoms. The molecule has 0 aromatic heterocycles. The summed E-state index contributed by atoms with van der Waals surface area (Å²) in [4.78, 5) is 0. The summed E-state index contributed by atoms with van der Waals surface area (Å²) in [5.74, 6) is 0.494. The predicted octanol–water partition coefficient (Wildman–Crippen LogP) is 4.83. The summed E-state index contributed by atoms with van der Waals surface area (Å²) in [5.41, 5.74) is 6.95. The molecular formula is C17H23Cl2NO2. The van der Waals surface area contributed by atoms with Gasteiger partial charge in [-0.15, -0.1) is 0 Å². The highest BCUT2D eigenvalue weighted by Gasteiger charge is 2.60. The maximum Gasteiger partial charge on any atom is 0.0924 e. The number of ether oxygens (including phenoxy) is 2. The van der Waals surface area contributed by atoms with Crippen LogP contribution in [0.1, 0.15) is 45.6 Å². The first-order chi connectivity index (χ1) is 10.3. The van der Waals surface area contributed by atoms with Crippen LogP contribution in [0.15, 0.2) is 12.1 Å². The van der Waals surface area contributed by atoms with Gasteiger partial charge in [-0.3, -0.25) is 0 Å². The van der Waals surface area contributed by atoms with Crippen molar-refractivity contribution < 1.29 is 9.47 Å². The van der Waals surface area contributed by atoms with Gasteiger partial charge >= 0.3 is 0 Å². The highest BCUT2D eigenvalue weighted by atomic mass is 35.5. The molecule has 1 aromatic rings. The highest BCUT2D eigenvalue weighted by molar-refractivity contribution is 6.35. The normalized spacial score (nSPS) is 33.8. The number of hydrogen-bond acceptors (Lipinski definition) is 3. The Hall–Kier alpha value is -0.480. The molecule has 1 aromatic carbocycles. The van der Waals surface area contributed by atoms with Crippen LogP contribution in [-0.4, -0.2) is 17.3 Å². The van der Waals surface area contributed by atoms with Gasteiger partial charge in [-0.25, -0.2) is 0 Å². The molecule has 22 heavy (non-hydrogen) atoms. The van der Waals surface area contributed by atoms with Crippen LogP contribution in [0.3, 0.4) is 0 Å². The van der Waals surface area contributed by atoms with Gasteiger partial charge in [0.2, 0.25) is 0 Å². The highest BCUT2D eigenvalue weighted by Crippen LogP contribution is 2.55. The third-order valence-corrected chi connectivity index (χ3v) is 6.01. The molecule has 2 heterocycles. The zero-order valence-corrected chi connectivity index (χ0v) is 14.8. The average Bonchev–Trinajstić information content (AvgIpc) is 2.93. The van der Waals surface area contributed by atoms with Gasteiger partial charge in [0.15, 0.2) is 0 Å². The summed E-state index contributed by atoms with van der Waals surface area (Å²) in [6, 6.07) is 3.47. The molecule has 2 saturated heterocycles. The van der Waals surface area contributed by atoms with E-state index in [1.54, 1.807) is 6.07 Å². The van der Waals surface area contributed by atoms with Crippen molar-refractivity contribution in [3.63, 3.8) is 0 Å². The summed E-state index contributed by atoms with van der Waals surface area (Å²) in [6.07, 6.45) is 3.18. The molecule has 0 amide bonds. The van der Waals surface area contributed by atoms with Crippen molar-refractivity contribution in [1.82, 2.24) is 0 Å². The Balaban J connectivity index is 1.73. The molecule has 0 saturated carbocycles. The monoisotopic (exact) mass is 343 g/mol. The molecule has 0 spiro atoms. The molecule has 5 heteroatoms. The SMILES string of the molecule is CC(C)[C@@]12CC[C@@](C)(O1)[C@@H](OCc1cc(Cl)cc(N)c1Cl)C2. The lowest BCUT2D eigenvalue weighted by atomic mass is 9.75. The van der Waals surface area contributed by atoms with Gasteiger partial charge in [-0.2, -0.15) is 0 Å². The van der Waals surface area contributed by atoms with Gasteiger partial charge < -0.3 is 15.2 Å². The third-order valence-electron chi connectivity index (χ3n) is 5.33. The Morgan fingerprint density at radius 2 is 2.09 bits per heavy atom. The number of nitrogens with two attached hydrogens (primary N) is 1. The topological polar surface area (TPSA) is 44.5 Å². The van der Waals surface area contributed by atoms with E-state index in [2.05, 4.69) is 20.8 Å². The van der Waals surface area contributed by atoms with E-state index in [-0.39, 0.29) is 17.3 Å². The van der Waals surface area contributed by atoms with Crippen LogP contribution in [0.25, 0.3) is 0 Å². The summed E-state index contributed by atoms with van der Waals surface area (Å²) in [6.45, 7) is 7.01. The molecule has 3 atom stereocenters. The zero-order chi connectivity index (χ0) is 16.1. The van der Waals surface area contributed by atoms with Crippen molar-refractivity contribution in [2.24, 2.45) is 5.92 Å². The van der Waals surface area contributed by atoms with Crippen molar-refractivity contribution in [3.05, 3.63) is 27.7 Å². The van der Waals surface area contributed by atoms with Gasteiger partial charge in [0.05, 0.1) is 34.6 Å². The maximum atomic E-state index is 6.38. The molecule has 2 fully saturated rings. The lowest BCUT2D eigenvalue weighted by Crippen LogP contribution is -2.38. The van der Waals surface area contributed by atoms with Crippen molar-refractivity contribution in [3.8, 4) is 0 Å². The molecule has 0 aliphatic carbocycles. The molecule has 0 unspecified atom stereocenters. The van der Waals surface area contributed by atoms with E-state index in [0.717, 1.165) is 24.8 Å². The summed E-state index contributed by atoms with van der Waals surface area (Å²) in [5, 5.41) is 1.10. The Bertz CT molecular complexity index is 592. The second kappa shape index (κ2) is 5.55. The molecule has 3 nitrogen and oxygen atoms in total. The van der Waals surface area contributed by atoms with E-state index in [0.29, 0.717) is 28.3 Å². The molecule has 2 aliphatic rings. The largest absolute Gasteiger partial charge is 0.397 e. The smallest absolute Gasteiger partial charge is 0.0924 e. The molecule has 3 rings (SSSR count). The minimum Gasteiger partial charge on any atom is -0.397 e. The molecule has 0 radical (unpaired) electrons. The maximum absolute atomic E-state index is 6.38. The van der Waals surface area contributed by atoms with Gasteiger partial charge in [-0.05, 0) is 43.4 Å². The Labute approximate surface area is 142 Å². The van der Waals surface area contributed by atoms with Crippen LogP contribution >= 0.6 is 23.2 Å². The standard InChI is InChI=1S/C17H23Cl2NO2/c1-10(2)17-5-4-16(3,22-17)14(8-17)21-9-11-6-12(18)7-13(20)15(11)19/h6-7,10,14H,4-5,8-9,20H2,1-3H3/t14-,16+,17-/m0/s1. The van der Waals surface area contributed by atoms with Gasteiger partial charge in [0.1, 0.15) is 0 Å². The first kappa shape index (κ1) is 16.4. The minimum atomic E-state index is -0.194. The number of hydrogen-bond donors (Lipinski definition) is 1. The van der Waals surface area contributed by atoms with Crippen LogP contribution in [0.2, 0.25) is 10.0 Å². The van der Waals surface area contributed by atoms with E-state index >= 15 is 0 Å². The first-order valence-electron chi connectivity index (χ1n) is 7.81. The fourth-order valence-electron chi connectivity index (χ4n) is 3.77. The van der Waals surface area contributed by atoms with Gasteiger partial charge in [0, 0.05) is 11.4 Å². The third kappa shape index (κ3) is 2.62. The van der Waals surface area contributed by atoms with E-state index in [1.165, 1.54) is 0 Å². The summed E-state index contributed by atoms with van der Waals surface area (Å²) >= 11 is 12.3. The van der Waals surface area contributed by atoms with Crippen LogP contribution in [0.5, 0.6) is 0 Å². The summed E-state index contributed by atoms with van der Waals surface area (Å²) in [7, 11) is 0. The molecule has 2 aliphatic heterocycles. The van der Waals surface area contributed by atoms with Gasteiger partial charge in [0.25, 0.3) is 0 Å². The number of rotatable bonds is 4. The molecule has 2 N–H and O–H groups in total. The number of halogens is 2. The quantitative estimate of drug-likeness (QED) is 0.796. The van der Waals surface area contributed by atoms with Crippen LogP contribution in [0.4, 0.5) is 5.69 Å². The summed E-state index contributed by atoms with van der Waals surface area (Å²) < 4.78 is 12.5. The second-order valence-corrected chi connectivity index (χ2v) is 7.92. The fourth-order valence-corrected chi connectivity index (χ4v) is 4.18. The lowest BCUT2D eigenvalue weighted by Gasteiger charge is -2.31. The average molecular weight is 344 g/mol. The van der Waals surface area contributed by atoms with Crippen molar-refractivity contribution in [2.45, 2.75) is 63.9 Å². The second-order valence-electron chi connectivity index (χ2n) is 7.11. The van der Waals surface area contributed by atoms with Gasteiger partial charge in [-0.1, -0.05) is 37.0 Å². The van der Waals surface area contributed by atoms with E-state index in [4.69, 9.17) is 38.4 Å². The number of benzene rings is 1. The van der Waals surface area contributed by atoms with Crippen molar-refractivity contribution >= 4 is 28.9 Å². The fraction of sp³-hybridized carbons (Fsp3) is 0.647. The lowest BCUT2D eigenvalue weighted by molar-refractivity contribution is -0.0959. The van der Waals surface area contributed by atoms with E-state index < -0.39 is 0 Å². The minimum absolute atomic E-state index is 0.0312. The van der Waals surface area contributed by atoms with Crippen LogP contribution < -0.4 is 5.73 Å². The van der Waals surface area contributed by atoms with Crippen molar-refractivity contribution in [2.75, 3.05) is 5.73 Å². The first-order valence-corrected chi connectivity index (χ1v) is 8.56. The Morgan fingerprint density at radius 1 is 1.36 bits per heavy atom. The number of fused-ring (bicyclic) bond motifs is 2. The number of anilines is 1.